The first-order chi connectivity index (χ1) is 26.9. The molecule has 0 aromatic heterocycles. The van der Waals surface area contributed by atoms with Gasteiger partial charge >= 0.3 is 0 Å². The van der Waals surface area contributed by atoms with Crippen molar-refractivity contribution in [3.05, 3.63) is 217 Å². The molecule has 0 amide bonds. The molecule has 0 atom stereocenters. The SMILES string of the molecule is CC1(C)c2ccccc2N(c2ccccc2)c2ccc([N+]3(c4ccc(P(=O)(c5ccccc5)c5ccccc5)cc4)c4ccccc4-c4ccccc43)cc21. The van der Waals surface area contributed by atoms with Crippen molar-refractivity contribution in [1.82, 2.24) is 4.48 Å². The van der Waals surface area contributed by atoms with Crippen molar-refractivity contribution < 1.29 is 4.57 Å². The van der Waals surface area contributed by atoms with Gasteiger partial charge in [-0.2, -0.15) is 4.48 Å². The van der Waals surface area contributed by atoms with Crippen molar-refractivity contribution in [3.63, 3.8) is 0 Å². The zero-order valence-corrected chi connectivity index (χ0v) is 31.8. The highest BCUT2D eigenvalue weighted by molar-refractivity contribution is 7.85. The van der Waals surface area contributed by atoms with Gasteiger partial charge in [0.25, 0.3) is 0 Å². The normalized spacial score (nSPS) is 14.7. The Hall–Kier alpha value is -6.25. The molecule has 8 aromatic rings. The number of fused-ring (bicyclic) bond motifs is 5. The summed E-state index contributed by atoms with van der Waals surface area (Å²) in [5.41, 5.74) is 12.9. The van der Waals surface area contributed by atoms with Crippen molar-refractivity contribution in [2.75, 3.05) is 4.90 Å². The smallest absolute Gasteiger partial charge is 0.171 e. The van der Waals surface area contributed by atoms with E-state index in [9.17, 15) is 0 Å². The minimum Gasteiger partial charge on any atom is -0.310 e. The zero-order chi connectivity index (χ0) is 37.2. The maximum absolute atomic E-state index is 15.5. The molecule has 0 saturated carbocycles. The van der Waals surface area contributed by atoms with E-state index in [1.165, 1.54) is 45.0 Å². The van der Waals surface area contributed by atoms with Crippen LogP contribution in [-0.2, 0) is 9.98 Å². The third-order valence-electron chi connectivity index (χ3n) is 11.8. The van der Waals surface area contributed by atoms with Crippen molar-refractivity contribution in [3.8, 4) is 11.1 Å². The number of rotatable bonds is 6. The summed E-state index contributed by atoms with van der Waals surface area (Å²) >= 11 is 0. The second-order valence-corrected chi connectivity index (χ2v) is 17.8. The lowest BCUT2D eigenvalue weighted by Gasteiger charge is -2.43. The van der Waals surface area contributed by atoms with E-state index < -0.39 is 7.14 Å². The van der Waals surface area contributed by atoms with Gasteiger partial charge in [0.05, 0.1) is 22.5 Å². The summed E-state index contributed by atoms with van der Waals surface area (Å²) in [5.74, 6) is 0. The second kappa shape index (κ2) is 12.7. The first kappa shape index (κ1) is 33.3. The van der Waals surface area contributed by atoms with Crippen LogP contribution in [0.5, 0.6) is 0 Å². The second-order valence-electron chi connectivity index (χ2n) is 15.0. The molecular formula is C51H40N2OP+. The number of quaternary nitrogens is 1. The van der Waals surface area contributed by atoms with Crippen LogP contribution in [0.3, 0.4) is 0 Å². The van der Waals surface area contributed by atoms with Crippen LogP contribution in [0.4, 0.5) is 39.8 Å². The van der Waals surface area contributed by atoms with Gasteiger partial charge in [-0.25, -0.2) is 0 Å². The summed E-state index contributed by atoms with van der Waals surface area (Å²) in [6, 6.07) is 72.7. The van der Waals surface area contributed by atoms with Crippen LogP contribution in [0.2, 0.25) is 0 Å². The van der Waals surface area contributed by atoms with E-state index >= 15 is 4.57 Å². The summed E-state index contributed by atoms with van der Waals surface area (Å²) in [6.45, 7) is 4.71. The monoisotopic (exact) mass is 727 g/mol. The first-order valence-corrected chi connectivity index (χ1v) is 20.6. The molecule has 264 valence electrons. The molecule has 0 N–H and O–H groups in total. The molecule has 0 fully saturated rings. The molecule has 0 unspecified atom stereocenters. The molecular weight excluding hydrogens is 688 g/mol. The van der Waals surface area contributed by atoms with Crippen LogP contribution < -0.4 is 25.3 Å². The van der Waals surface area contributed by atoms with Gasteiger partial charge in [-0.05, 0) is 59.7 Å². The number of hydrogen-bond donors (Lipinski definition) is 0. The molecule has 0 spiro atoms. The molecule has 55 heavy (non-hydrogen) atoms. The summed E-state index contributed by atoms with van der Waals surface area (Å²) in [5, 5.41) is 2.47. The van der Waals surface area contributed by atoms with E-state index in [4.69, 9.17) is 0 Å². The van der Waals surface area contributed by atoms with Gasteiger partial charge in [0.1, 0.15) is 11.4 Å². The molecule has 0 bridgehead atoms. The lowest BCUT2D eigenvalue weighted by molar-refractivity contribution is 0.592. The fraction of sp³-hybridized carbons (Fsp3) is 0.0588. The number of nitrogens with zero attached hydrogens (tertiary/aromatic N) is 2. The number of benzene rings is 8. The fourth-order valence-corrected chi connectivity index (χ4v) is 11.8. The highest BCUT2D eigenvalue weighted by Gasteiger charge is 2.49. The van der Waals surface area contributed by atoms with E-state index in [1.807, 2.05) is 60.7 Å². The van der Waals surface area contributed by atoms with Gasteiger partial charge < -0.3 is 9.46 Å². The van der Waals surface area contributed by atoms with Crippen LogP contribution in [0.25, 0.3) is 11.1 Å². The largest absolute Gasteiger partial charge is 0.310 e. The van der Waals surface area contributed by atoms with Crippen molar-refractivity contribution in [1.29, 1.82) is 0 Å². The highest BCUT2D eigenvalue weighted by atomic mass is 31.2. The standard InChI is InChI=1S/C51H40N2OP/c1-51(2)45-26-14-15-27-47(45)52(37-18-6-3-7-19-37)48-35-32-39(36-46(48)51)53(49-28-16-12-24-43(49)44-25-13-17-29-50(44)53)38-30-33-42(34-31-38)55(54,40-20-8-4-9-21-40)41-22-10-5-11-23-41/h3-36H,1-2H3/q+1. The molecule has 8 aromatic carbocycles. The Morgan fingerprint density at radius 1 is 0.436 bits per heavy atom. The minimum absolute atomic E-state index is 0.280. The summed E-state index contributed by atoms with van der Waals surface area (Å²) in [6.07, 6.45) is 0. The first-order valence-electron chi connectivity index (χ1n) is 18.9. The Kier molecular flexibility index (Phi) is 7.68. The summed E-state index contributed by atoms with van der Waals surface area (Å²) in [7, 11) is -3.17. The van der Waals surface area contributed by atoms with Gasteiger partial charge in [0.2, 0.25) is 0 Å². The van der Waals surface area contributed by atoms with Crippen LogP contribution in [0, 0.1) is 0 Å². The van der Waals surface area contributed by atoms with Crippen LogP contribution in [-0.4, -0.2) is 0 Å². The average molecular weight is 728 g/mol. The number of para-hydroxylation sites is 4. The van der Waals surface area contributed by atoms with Gasteiger partial charge in [-0.15, -0.1) is 0 Å². The maximum Gasteiger partial charge on any atom is 0.171 e. The predicted molar refractivity (Wildman–Crippen MR) is 232 cm³/mol. The lowest BCUT2D eigenvalue weighted by atomic mass is 9.73. The van der Waals surface area contributed by atoms with E-state index in [1.54, 1.807) is 0 Å². The summed E-state index contributed by atoms with van der Waals surface area (Å²) in [4.78, 5) is 2.41. The maximum atomic E-state index is 15.5. The van der Waals surface area contributed by atoms with Gasteiger partial charge in [0, 0.05) is 63.4 Å². The van der Waals surface area contributed by atoms with Gasteiger partial charge in [0.15, 0.2) is 18.5 Å². The fourth-order valence-electron chi connectivity index (χ4n) is 9.19. The number of hydrogen-bond acceptors (Lipinski definition) is 2. The van der Waals surface area contributed by atoms with Crippen molar-refractivity contribution in [2.45, 2.75) is 19.3 Å². The Balaban J connectivity index is 1.23. The molecule has 4 heteroatoms. The molecule has 3 nitrogen and oxygen atoms in total. The van der Waals surface area contributed by atoms with Crippen molar-refractivity contribution >= 4 is 62.9 Å². The molecule has 0 radical (unpaired) electrons. The molecule has 2 aliphatic rings. The Bertz CT molecular complexity index is 2670. The average Bonchev–Trinajstić information content (AvgIpc) is 3.55. The van der Waals surface area contributed by atoms with Crippen LogP contribution in [0.15, 0.2) is 206 Å². The van der Waals surface area contributed by atoms with E-state index in [2.05, 4.69) is 164 Å². The Labute approximate surface area is 323 Å². The minimum atomic E-state index is -3.17. The number of anilines is 3. The van der Waals surface area contributed by atoms with Crippen molar-refractivity contribution in [2.24, 2.45) is 0 Å². The third-order valence-corrected chi connectivity index (χ3v) is 14.9. The Morgan fingerprint density at radius 2 is 0.891 bits per heavy atom. The molecule has 0 saturated heterocycles. The molecule has 2 heterocycles. The third kappa shape index (κ3) is 4.84. The van der Waals surface area contributed by atoms with Crippen LogP contribution >= 0.6 is 7.14 Å². The summed E-state index contributed by atoms with van der Waals surface area (Å²) < 4.78 is 15.9. The molecule has 0 aliphatic carbocycles. The van der Waals surface area contributed by atoms with Crippen LogP contribution in [0.1, 0.15) is 25.0 Å². The molecule has 2 aliphatic heterocycles. The Morgan fingerprint density at radius 3 is 1.49 bits per heavy atom. The van der Waals surface area contributed by atoms with E-state index in [0.29, 0.717) is 4.48 Å². The van der Waals surface area contributed by atoms with E-state index in [0.717, 1.165) is 33.0 Å². The quantitative estimate of drug-likeness (QED) is 0.126. The molecule has 10 rings (SSSR count). The predicted octanol–water partition coefficient (Wildman–Crippen LogP) is 12.7. The lowest BCUT2D eigenvalue weighted by Crippen LogP contribution is -2.34. The zero-order valence-electron chi connectivity index (χ0n) is 30.9. The van der Waals surface area contributed by atoms with Gasteiger partial charge in [-0.1, -0.05) is 135 Å². The highest BCUT2D eigenvalue weighted by Crippen LogP contribution is 2.63. The van der Waals surface area contributed by atoms with E-state index in [-0.39, 0.29) is 5.41 Å². The van der Waals surface area contributed by atoms with Gasteiger partial charge in [-0.3, -0.25) is 0 Å². The topological polar surface area (TPSA) is 20.3 Å².